The zero-order valence-corrected chi connectivity index (χ0v) is 12.1. The lowest BCUT2D eigenvalue weighted by Crippen LogP contribution is -2.21. The van der Waals surface area contributed by atoms with Gasteiger partial charge in [0.05, 0.1) is 11.5 Å². The SMILES string of the molecule is CNC(=O)c1c(N)nsc1NCC1CCS(=O)(=O)C1. The van der Waals surface area contributed by atoms with E-state index in [0.29, 0.717) is 23.5 Å². The summed E-state index contributed by atoms with van der Waals surface area (Å²) in [6.07, 6.45) is 0.652. The Labute approximate surface area is 115 Å². The van der Waals surface area contributed by atoms with Crippen molar-refractivity contribution in [1.82, 2.24) is 9.69 Å². The third kappa shape index (κ3) is 3.16. The predicted molar refractivity (Wildman–Crippen MR) is 75.2 cm³/mol. The molecule has 1 aromatic rings. The number of anilines is 2. The van der Waals surface area contributed by atoms with Gasteiger partial charge in [0, 0.05) is 13.6 Å². The Hall–Kier alpha value is -1.35. The average molecular weight is 304 g/mol. The fraction of sp³-hybridized carbons (Fsp3) is 0.600. The van der Waals surface area contributed by atoms with Crippen LogP contribution in [0.5, 0.6) is 0 Å². The molecular weight excluding hydrogens is 288 g/mol. The standard InChI is InChI=1S/C10H16N4O3S2/c1-12-9(15)7-8(11)14-18-10(7)13-4-6-2-3-19(16,17)5-6/h6,13H,2-5H2,1H3,(H2,11,14)(H,12,15). The number of nitrogens with one attached hydrogen (secondary N) is 2. The molecule has 1 aromatic heterocycles. The van der Waals surface area contributed by atoms with Gasteiger partial charge in [0.2, 0.25) is 0 Å². The first-order chi connectivity index (χ1) is 8.93. The molecule has 1 atom stereocenters. The molecule has 0 bridgehead atoms. The topological polar surface area (TPSA) is 114 Å². The average Bonchev–Trinajstić information content (AvgIpc) is 2.89. The van der Waals surface area contributed by atoms with Crippen molar-refractivity contribution < 1.29 is 13.2 Å². The molecule has 4 N–H and O–H groups in total. The molecule has 1 amide bonds. The molecular formula is C10H16N4O3S2. The third-order valence-electron chi connectivity index (χ3n) is 3.05. The number of nitrogen functional groups attached to an aromatic ring is 1. The Morgan fingerprint density at radius 2 is 2.32 bits per heavy atom. The zero-order chi connectivity index (χ0) is 14.0. The molecule has 0 radical (unpaired) electrons. The monoisotopic (exact) mass is 304 g/mol. The minimum atomic E-state index is -2.88. The minimum Gasteiger partial charge on any atom is -0.382 e. The van der Waals surface area contributed by atoms with E-state index >= 15 is 0 Å². The fourth-order valence-electron chi connectivity index (χ4n) is 2.04. The number of hydrogen-bond acceptors (Lipinski definition) is 7. The van der Waals surface area contributed by atoms with E-state index in [0.717, 1.165) is 11.5 Å². The van der Waals surface area contributed by atoms with E-state index in [4.69, 9.17) is 5.73 Å². The normalized spacial score (nSPS) is 21.2. The van der Waals surface area contributed by atoms with Crippen molar-refractivity contribution >= 4 is 38.1 Å². The van der Waals surface area contributed by atoms with Gasteiger partial charge in [0.15, 0.2) is 15.7 Å². The number of hydrogen-bond donors (Lipinski definition) is 3. The van der Waals surface area contributed by atoms with E-state index in [2.05, 4.69) is 15.0 Å². The predicted octanol–water partition coefficient (Wildman–Crippen LogP) is -0.0685. The van der Waals surface area contributed by atoms with Crippen LogP contribution in [0.4, 0.5) is 10.8 Å². The number of carbonyl (C=O) groups is 1. The highest BCUT2D eigenvalue weighted by molar-refractivity contribution is 7.91. The number of aromatic nitrogens is 1. The van der Waals surface area contributed by atoms with E-state index in [1.807, 2.05) is 0 Å². The van der Waals surface area contributed by atoms with Crippen LogP contribution in [0.1, 0.15) is 16.8 Å². The van der Waals surface area contributed by atoms with Crippen molar-refractivity contribution in [2.45, 2.75) is 6.42 Å². The second-order valence-electron chi connectivity index (χ2n) is 4.50. The maximum atomic E-state index is 11.7. The Morgan fingerprint density at radius 3 is 2.89 bits per heavy atom. The molecule has 0 saturated carbocycles. The van der Waals surface area contributed by atoms with Crippen LogP contribution < -0.4 is 16.4 Å². The van der Waals surface area contributed by atoms with Crippen molar-refractivity contribution in [3.8, 4) is 0 Å². The van der Waals surface area contributed by atoms with E-state index in [1.54, 1.807) is 0 Å². The minimum absolute atomic E-state index is 0.0749. The van der Waals surface area contributed by atoms with Crippen molar-refractivity contribution in [3.05, 3.63) is 5.56 Å². The first-order valence-corrected chi connectivity index (χ1v) is 8.44. The molecule has 1 aliphatic rings. The summed E-state index contributed by atoms with van der Waals surface area (Å²) >= 11 is 1.11. The summed E-state index contributed by atoms with van der Waals surface area (Å²) in [6.45, 7) is 0.505. The van der Waals surface area contributed by atoms with Crippen LogP contribution in [-0.4, -0.2) is 43.8 Å². The molecule has 19 heavy (non-hydrogen) atoms. The van der Waals surface area contributed by atoms with Gasteiger partial charge in [-0.3, -0.25) is 4.79 Å². The van der Waals surface area contributed by atoms with Gasteiger partial charge in [0.1, 0.15) is 10.6 Å². The lowest BCUT2D eigenvalue weighted by atomic mass is 10.1. The summed E-state index contributed by atoms with van der Waals surface area (Å²) in [5.41, 5.74) is 5.97. The first-order valence-electron chi connectivity index (χ1n) is 5.84. The van der Waals surface area contributed by atoms with E-state index in [1.165, 1.54) is 7.05 Å². The number of nitrogens with zero attached hydrogens (tertiary/aromatic N) is 1. The van der Waals surface area contributed by atoms with Gasteiger partial charge in [-0.1, -0.05) is 0 Å². The number of amides is 1. The van der Waals surface area contributed by atoms with Crippen LogP contribution in [0.3, 0.4) is 0 Å². The Morgan fingerprint density at radius 1 is 1.58 bits per heavy atom. The number of rotatable bonds is 4. The van der Waals surface area contributed by atoms with Gasteiger partial charge in [0.25, 0.3) is 5.91 Å². The molecule has 1 saturated heterocycles. The second kappa shape index (κ2) is 5.33. The number of nitrogens with two attached hydrogens (primary N) is 1. The van der Waals surface area contributed by atoms with E-state index < -0.39 is 9.84 Å². The van der Waals surface area contributed by atoms with Crippen LogP contribution in [-0.2, 0) is 9.84 Å². The third-order valence-corrected chi connectivity index (χ3v) is 5.71. The second-order valence-corrected chi connectivity index (χ2v) is 7.50. The van der Waals surface area contributed by atoms with Crippen molar-refractivity contribution in [1.29, 1.82) is 0 Å². The lowest BCUT2D eigenvalue weighted by molar-refractivity contribution is 0.0965. The molecule has 0 spiro atoms. The van der Waals surface area contributed by atoms with Crippen LogP contribution in [0.2, 0.25) is 0 Å². The van der Waals surface area contributed by atoms with Gasteiger partial charge < -0.3 is 16.4 Å². The Bertz CT molecular complexity index is 582. The number of carbonyl (C=O) groups excluding carboxylic acids is 1. The molecule has 1 fully saturated rings. The van der Waals surface area contributed by atoms with Crippen LogP contribution in [0, 0.1) is 5.92 Å². The van der Waals surface area contributed by atoms with E-state index in [9.17, 15) is 13.2 Å². The van der Waals surface area contributed by atoms with Gasteiger partial charge in [-0.25, -0.2) is 8.42 Å². The van der Waals surface area contributed by atoms with E-state index in [-0.39, 0.29) is 29.1 Å². The highest BCUT2D eigenvalue weighted by Gasteiger charge is 2.28. The molecule has 7 nitrogen and oxygen atoms in total. The molecule has 0 aromatic carbocycles. The van der Waals surface area contributed by atoms with Gasteiger partial charge in [-0.2, -0.15) is 4.37 Å². The maximum absolute atomic E-state index is 11.7. The summed E-state index contributed by atoms with van der Waals surface area (Å²) < 4.78 is 26.6. The van der Waals surface area contributed by atoms with Crippen molar-refractivity contribution in [2.75, 3.05) is 36.1 Å². The molecule has 106 valence electrons. The maximum Gasteiger partial charge on any atom is 0.257 e. The summed E-state index contributed by atoms with van der Waals surface area (Å²) in [6, 6.07) is 0. The van der Waals surface area contributed by atoms with Crippen LogP contribution in [0.15, 0.2) is 0 Å². The Kier molecular flexibility index (Phi) is 3.95. The first kappa shape index (κ1) is 14.1. The molecule has 9 heteroatoms. The molecule has 1 unspecified atom stereocenters. The molecule has 2 heterocycles. The summed E-state index contributed by atoms with van der Waals surface area (Å²) in [4.78, 5) is 11.7. The molecule has 2 rings (SSSR count). The van der Waals surface area contributed by atoms with Crippen molar-refractivity contribution in [2.24, 2.45) is 5.92 Å². The summed E-state index contributed by atoms with van der Waals surface area (Å²) in [7, 11) is -1.36. The zero-order valence-electron chi connectivity index (χ0n) is 10.5. The fourth-order valence-corrected chi connectivity index (χ4v) is 4.62. The number of sulfone groups is 1. The van der Waals surface area contributed by atoms with Gasteiger partial charge in [-0.15, -0.1) is 0 Å². The highest BCUT2D eigenvalue weighted by atomic mass is 32.2. The lowest BCUT2D eigenvalue weighted by Gasteiger charge is -2.10. The summed E-state index contributed by atoms with van der Waals surface area (Å²) in [5.74, 6) is 0.403. The quantitative estimate of drug-likeness (QED) is 0.717. The van der Waals surface area contributed by atoms with Crippen molar-refractivity contribution in [3.63, 3.8) is 0 Å². The van der Waals surface area contributed by atoms with Crippen LogP contribution in [0.25, 0.3) is 0 Å². The van der Waals surface area contributed by atoms with Crippen LogP contribution >= 0.6 is 11.5 Å². The van der Waals surface area contributed by atoms with Gasteiger partial charge >= 0.3 is 0 Å². The smallest absolute Gasteiger partial charge is 0.257 e. The largest absolute Gasteiger partial charge is 0.382 e. The molecule has 0 aliphatic carbocycles. The van der Waals surface area contributed by atoms with Gasteiger partial charge in [-0.05, 0) is 23.9 Å². The highest BCUT2D eigenvalue weighted by Crippen LogP contribution is 2.28. The Balaban J connectivity index is 2.03. The summed E-state index contributed by atoms with van der Waals surface area (Å²) in [5, 5.41) is 6.17. The molecule has 1 aliphatic heterocycles.